The highest BCUT2D eigenvalue weighted by atomic mass is 19.4. The SMILES string of the molecule is Nc1nccc2c1CC[C@H]2CC(=O)c1cnn(Cc2cnc(N3CC4CC4C3)cc2C(F)(F)F)c1. The molecule has 0 bridgehead atoms. The molecule has 7 nitrogen and oxygen atoms in total. The van der Waals surface area contributed by atoms with Gasteiger partial charge in [-0.15, -0.1) is 0 Å². The first kappa shape index (κ1) is 22.1. The van der Waals surface area contributed by atoms with Crippen LogP contribution in [0.15, 0.2) is 36.9 Å². The summed E-state index contributed by atoms with van der Waals surface area (Å²) in [6, 6.07) is 3.05. The molecule has 0 amide bonds. The third-order valence-corrected chi connectivity index (χ3v) is 7.61. The number of rotatable bonds is 6. The highest BCUT2D eigenvalue weighted by Gasteiger charge is 2.46. The zero-order valence-electron chi connectivity index (χ0n) is 19.0. The van der Waals surface area contributed by atoms with Crippen molar-refractivity contribution in [3.05, 3.63) is 64.7 Å². The summed E-state index contributed by atoms with van der Waals surface area (Å²) in [5.41, 5.74) is 7.71. The first-order chi connectivity index (χ1) is 16.8. The number of hydrogen-bond donors (Lipinski definition) is 1. The van der Waals surface area contributed by atoms with Crippen molar-refractivity contribution in [2.75, 3.05) is 23.7 Å². The van der Waals surface area contributed by atoms with Gasteiger partial charge in [0, 0.05) is 43.7 Å². The normalized spacial score (nSPS) is 22.8. The summed E-state index contributed by atoms with van der Waals surface area (Å²) >= 11 is 0. The molecule has 3 atom stereocenters. The lowest BCUT2D eigenvalue weighted by molar-refractivity contribution is -0.138. The number of Topliss-reactive ketones (excluding diaryl/α,β-unsaturated/α-hetero) is 1. The van der Waals surface area contributed by atoms with E-state index in [1.54, 1.807) is 6.20 Å². The van der Waals surface area contributed by atoms with Crippen LogP contribution >= 0.6 is 0 Å². The van der Waals surface area contributed by atoms with E-state index in [0.29, 0.717) is 35.5 Å². The van der Waals surface area contributed by atoms with Crippen LogP contribution in [0.5, 0.6) is 0 Å². The quantitative estimate of drug-likeness (QED) is 0.533. The minimum atomic E-state index is -4.51. The largest absolute Gasteiger partial charge is 0.416 e. The van der Waals surface area contributed by atoms with E-state index in [1.807, 2.05) is 11.0 Å². The number of halogens is 3. The fourth-order valence-electron chi connectivity index (χ4n) is 5.60. The van der Waals surface area contributed by atoms with E-state index in [9.17, 15) is 18.0 Å². The zero-order valence-corrected chi connectivity index (χ0v) is 19.0. The summed E-state index contributed by atoms with van der Waals surface area (Å²) in [5, 5.41) is 4.16. The van der Waals surface area contributed by atoms with Gasteiger partial charge in [0.2, 0.25) is 0 Å². The number of anilines is 2. The molecule has 0 spiro atoms. The molecule has 2 aliphatic carbocycles. The minimum absolute atomic E-state index is 0.0281. The maximum absolute atomic E-state index is 13.9. The van der Waals surface area contributed by atoms with Gasteiger partial charge < -0.3 is 10.6 Å². The number of fused-ring (bicyclic) bond motifs is 2. The Balaban J connectivity index is 1.18. The average molecular weight is 483 g/mol. The highest BCUT2D eigenvalue weighted by Crippen LogP contribution is 2.46. The van der Waals surface area contributed by atoms with Crippen LogP contribution in [-0.2, 0) is 19.1 Å². The van der Waals surface area contributed by atoms with Crippen molar-refractivity contribution >= 4 is 17.4 Å². The molecule has 3 aromatic heterocycles. The molecule has 10 heteroatoms. The Morgan fingerprint density at radius 2 is 1.97 bits per heavy atom. The van der Waals surface area contributed by atoms with Crippen molar-refractivity contribution in [1.82, 2.24) is 19.7 Å². The van der Waals surface area contributed by atoms with Crippen molar-refractivity contribution < 1.29 is 18.0 Å². The molecule has 2 N–H and O–H groups in total. The molecule has 0 aromatic carbocycles. The Labute approximate surface area is 200 Å². The van der Waals surface area contributed by atoms with Crippen molar-refractivity contribution in [1.29, 1.82) is 0 Å². The molecule has 0 radical (unpaired) electrons. The van der Waals surface area contributed by atoms with Crippen molar-refractivity contribution in [2.24, 2.45) is 11.8 Å². The molecule has 1 saturated heterocycles. The number of ketones is 1. The van der Waals surface area contributed by atoms with Crippen LogP contribution in [0.25, 0.3) is 0 Å². The van der Waals surface area contributed by atoms with Gasteiger partial charge in [0.15, 0.2) is 5.78 Å². The minimum Gasteiger partial charge on any atom is -0.383 e. The molecule has 3 aliphatic rings. The van der Waals surface area contributed by atoms with E-state index >= 15 is 0 Å². The molecule has 3 aromatic rings. The van der Waals surface area contributed by atoms with E-state index in [0.717, 1.165) is 43.1 Å². The fraction of sp³-hybridized carbons (Fsp3) is 0.440. The third kappa shape index (κ3) is 4.15. The predicted molar refractivity (Wildman–Crippen MR) is 123 cm³/mol. The van der Waals surface area contributed by atoms with Gasteiger partial charge >= 0.3 is 6.18 Å². The van der Waals surface area contributed by atoms with E-state index in [2.05, 4.69) is 15.1 Å². The number of hydrogen-bond acceptors (Lipinski definition) is 6. The number of alkyl halides is 3. The van der Waals surface area contributed by atoms with Gasteiger partial charge in [-0.3, -0.25) is 9.48 Å². The van der Waals surface area contributed by atoms with Gasteiger partial charge in [-0.25, -0.2) is 9.97 Å². The van der Waals surface area contributed by atoms with Crippen LogP contribution in [-0.4, -0.2) is 38.6 Å². The topological polar surface area (TPSA) is 89.9 Å². The van der Waals surface area contributed by atoms with Crippen LogP contribution in [0.1, 0.15) is 57.8 Å². The van der Waals surface area contributed by atoms with Crippen LogP contribution in [0.3, 0.4) is 0 Å². The van der Waals surface area contributed by atoms with Crippen LogP contribution in [0.2, 0.25) is 0 Å². The molecule has 182 valence electrons. The molecule has 2 unspecified atom stereocenters. The number of pyridine rings is 2. The summed E-state index contributed by atoms with van der Waals surface area (Å²) in [5.74, 6) is 2.03. The fourth-order valence-corrected chi connectivity index (χ4v) is 5.60. The van der Waals surface area contributed by atoms with E-state index < -0.39 is 11.7 Å². The van der Waals surface area contributed by atoms with Crippen LogP contribution in [0, 0.1) is 11.8 Å². The maximum Gasteiger partial charge on any atom is 0.416 e. The first-order valence-corrected chi connectivity index (χ1v) is 11.9. The lowest BCUT2D eigenvalue weighted by Crippen LogP contribution is -2.24. The van der Waals surface area contributed by atoms with Gasteiger partial charge in [-0.2, -0.15) is 18.3 Å². The number of carbonyl (C=O) groups excluding carboxylic acids is 1. The summed E-state index contributed by atoms with van der Waals surface area (Å²) in [4.78, 5) is 23.3. The molecule has 4 heterocycles. The van der Waals surface area contributed by atoms with Crippen LogP contribution < -0.4 is 10.6 Å². The number of aromatic nitrogens is 4. The van der Waals surface area contributed by atoms with E-state index in [1.165, 1.54) is 29.7 Å². The second kappa shape index (κ2) is 8.07. The highest BCUT2D eigenvalue weighted by molar-refractivity contribution is 5.96. The molecule has 35 heavy (non-hydrogen) atoms. The molecule has 6 rings (SSSR count). The average Bonchev–Trinajstić information content (AvgIpc) is 3.18. The molecule has 1 aliphatic heterocycles. The first-order valence-electron chi connectivity index (χ1n) is 11.9. The second-order valence-corrected chi connectivity index (χ2v) is 9.91. The lowest BCUT2D eigenvalue weighted by Gasteiger charge is -2.21. The Morgan fingerprint density at radius 1 is 1.17 bits per heavy atom. The predicted octanol–water partition coefficient (Wildman–Crippen LogP) is 4.08. The van der Waals surface area contributed by atoms with Gasteiger partial charge in [-0.05, 0) is 60.3 Å². The Morgan fingerprint density at radius 3 is 2.74 bits per heavy atom. The molecule has 1 saturated carbocycles. The summed E-state index contributed by atoms with van der Waals surface area (Å²) in [7, 11) is 0. The van der Waals surface area contributed by atoms with Crippen molar-refractivity contribution in [3.8, 4) is 0 Å². The standard InChI is InChI=1S/C25H25F3N6O/c26-25(27,28)21-7-23(33-10-15-5-16(15)11-33)31-8-17(21)12-34-13-18(9-32-34)22(35)6-14-1-2-20-19(14)3-4-30-24(20)29/h3-4,7-9,13-16H,1-2,5-6,10-12H2,(H2,29,30)/t14-,15?,16?/m0/s1. The van der Waals surface area contributed by atoms with Gasteiger partial charge in [0.25, 0.3) is 0 Å². The Bertz CT molecular complexity index is 1290. The number of nitrogens with two attached hydrogens (primary N) is 1. The number of nitrogens with zero attached hydrogens (tertiary/aromatic N) is 5. The molecular formula is C25H25F3N6O. The Kier molecular flexibility index (Phi) is 5.08. The summed E-state index contributed by atoms with van der Waals surface area (Å²) in [6.07, 6.45) is 4.44. The zero-order chi connectivity index (χ0) is 24.3. The monoisotopic (exact) mass is 482 g/mol. The number of piperidine rings is 1. The van der Waals surface area contributed by atoms with Gasteiger partial charge in [0.1, 0.15) is 11.6 Å². The van der Waals surface area contributed by atoms with Gasteiger partial charge in [0.05, 0.1) is 23.9 Å². The summed E-state index contributed by atoms with van der Waals surface area (Å²) < 4.78 is 43.0. The Hall–Kier alpha value is -3.43. The number of nitrogen functional groups attached to an aromatic ring is 1. The molecule has 2 fully saturated rings. The second-order valence-electron chi connectivity index (χ2n) is 9.91. The van der Waals surface area contributed by atoms with E-state index in [4.69, 9.17) is 5.73 Å². The third-order valence-electron chi connectivity index (χ3n) is 7.61. The number of carbonyl (C=O) groups is 1. The lowest BCUT2D eigenvalue weighted by atomic mass is 9.94. The smallest absolute Gasteiger partial charge is 0.383 e. The summed E-state index contributed by atoms with van der Waals surface area (Å²) in [6.45, 7) is 1.43. The van der Waals surface area contributed by atoms with Crippen molar-refractivity contribution in [3.63, 3.8) is 0 Å². The van der Waals surface area contributed by atoms with E-state index in [-0.39, 0.29) is 23.8 Å². The van der Waals surface area contributed by atoms with Crippen molar-refractivity contribution in [2.45, 2.75) is 44.3 Å². The van der Waals surface area contributed by atoms with Crippen LogP contribution in [0.4, 0.5) is 24.8 Å². The maximum atomic E-state index is 13.9. The molecular weight excluding hydrogens is 457 g/mol. The van der Waals surface area contributed by atoms with Gasteiger partial charge in [-0.1, -0.05) is 0 Å².